The predicted molar refractivity (Wildman–Crippen MR) is 110 cm³/mol. The van der Waals surface area contributed by atoms with Gasteiger partial charge in [-0.25, -0.2) is 9.97 Å². The van der Waals surface area contributed by atoms with Crippen molar-refractivity contribution >= 4 is 33.3 Å². The van der Waals surface area contributed by atoms with E-state index in [9.17, 15) is 4.79 Å². The van der Waals surface area contributed by atoms with E-state index in [1.165, 1.54) is 19.3 Å². The zero-order chi connectivity index (χ0) is 18.6. The molecule has 5 nitrogen and oxygen atoms in total. The number of benzene rings is 1. The van der Waals surface area contributed by atoms with Crippen LogP contribution in [0.25, 0.3) is 5.65 Å². The van der Waals surface area contributed by atoms with Crippen LogP contribution in [0.4, 0.5) is 5.82 Å². The van der Waals surface area contributed by atoms with E-state index in [1.807, 2.05) is 28.8 Å². The van der Waals surface area contributed by atoms with E-state index < -0.39 is 0 Å². The van der Waals surface area contributed by atoms with Crippen LogP contribution in [-0.4, -0.2) is 20.3 Å². The number of carbonyl (C=O) groups excluding carboxylic acids is 1. The average Bonchev–Trinajstić information content (AvgIpc) is 3.00. The fourth-order valence-electron chi connectivity index (χ4n) is 3.86. The number of anilines is 1. The molecule has 6 heteroatoms. The summed E-state index contributed by atoms with van der Waals surface area (Å²) in [7, 11) is 0. The first-order valence-corrected chi connectivity index (χ1v) is 10.3. The van der Waals surface area contributed by atoms with Crippen molar-refractivity contribution < 1.29 is 4.79 Å². The first kappa shape index (κ1) is 18.2. The molecule has 1 aliphatic carbocycles. The molecule has 0 radical (unpaired) electrons. The number of imidazole rings is 1. The van der Waals surface area contributed by atoms with Gasteiger partial charge in [-0.3, -0.25) is 9.20 Å². The van der Waals surface area contributed by atoms with E-state index in [0.29, 0.717) is 23.4 Å². The maximum Gasteiger partial charge on any atom is 0.225 e. The molecule has 2 aromatic heterocycles. The summed E-state index contributed by atoms with van der Waals surface area (Å²) in [6, 6.07) is 10.2. The Bertz CT molecular complexity index is 932. The molecule has 27 heavy (non-hydrogen) atoms. The second-order valence-electron chi connectivity index (χ2n) is 7.26. The molecule has 3 aromatic rings. The van der Waals surface area contributed by atoms with Gasteiger partial charge in [-0.15, -0.1) is 0 Å². The van der Waals surface area contributed by atoms with E-state index in [2.05, 4.69) is 38.4 Å². The molecule has 0 saturated heterocycles. The summed E-state index contributed by atoms with van der Waals surface area (Å²) in [4.78, 5) is 21.7. The molecule has 1 fully saturated rings. The third-order valence-corrected chi connectivity index (χ3v) is 5.63. The Morgan fingerprint density at radius 1 is 1.19 bits per heavy atom. The Labute approximate surface area is 167 Å². The molecule has 140 valence electrons. The standard InChI is InChI=1S/C21H23BrN4O/c22-18-14-26-19(13-23-18)24-17(11-15-7-3-1-4-8-15)21(26)25-20(27)12-16-9-5-2-6-10-16/h1,3-4,7-8,13-14,16H,2,5-6,9-12H2,(H,25,27). The highest BCUT2D eigenvalue weighted by Gasteiger charge is 2.20. The molecule has 1 amide bonds. The lowest BCUT2D eigenvalue weighted by molar-refractivity contribution is -0.117. The largest absolute Gasteiger partial charge is 0.310 e. The van der Waals surface area contributed by atoms with E-state index in [4.69, 9.17) is 4.98 Å². The highest BCUT2D eigenvalue weighted by Crippen LogP contribution is 2.28. The van der Waals surface area contributed by atoms with Crippen molar-refractivity contribution in [2.75, 3.05) is 5.32 Å². The highest BCUT2D eigenvalue weighted by atomic mass is 79.9. The number of carbonyl (C=O) groups is 1. The minimum Gasteiger partial charge on any atom is -0.310 e. The van der Waals surface area contributed by atoms with Gasteiger partial charge in [-0.1, -0.05) is 49.6 Å². The molecule has 1 aliphatic rings. The van der Waals surface area contributed by atoms with Crippen molar-refractivity contribution in [2.45, 2.75) is 44.9 Å². The van der Waals surface area contributed by atoms with Crippen LogP contribution in [0.3, 0.4) is 0 Å². The van der Waals surface area contributed by atoms with Crippen LogP contribution in [0.1, 0.15) is 49.8 Å². The van der Waals surface area contributed by atoms with Crippen molar-refractivity contribution in [1.29, 1.82) is 0 Å². The molecule has 0 aliphatic heterocycles. The minimum absolute atomic E-state index is 0.0750. The number of nitrogens with zero attached hydrogens (tertiary/aromatic N) is 3. The van der Waals surface area contributed by atoms with Gasteiger partial charge in [-0.05, 0) is 40.3 Å². The Morgan fingerprint density at radius 2 is 1.96 bits per heavy atom. The van der Waals surface area contributed by atoms with Crippen molar-refractivity contribution in [3.8, 4) is 0 Å². The molecule has 0 atom stereocenters. The van der Waals surface area contributed by atoms with E-state index in [0.717, 1.165) is 35.6 Å². The maximum atomic E-state index is 12.7. The lowest BCUT2D eigenvalue weighted by Crippen LogP contribution is -2.19. The fraction of sp³-hybridized carbons (Fsp3) is 0.381. The van der Waals surface area contributed by atoms with Gasteiger partial charge in [-0.2, -0.15) is 0 Å². The van der Waals surface area contributed by atoms with Crippen LogP contribution in [-0.2, 0) is 11.2 Å². The summed E-state index contributed by atoms with van der Waals surface area (Å²) in [5, 5.41) is 3.14. The van der Waals surface area contributed by atoms with Crippen LogP contribution in [0.5, 0.6) is 0 Å². The third kappa shape index (κ3) is 4.38. The van der Waals surface area contributed by atoms with Gasteiger partial charge in [0, 0.05) is 19.0 Å². The Hall–Kier alpha value is -2.21. The number of nitrogens with one attached hydrogen (secondary N) is 1. The molecule has 0 unspecified atom stereocenters. The number of hydrogen-bond acceptors (Lipinski definition) is 3. The molecule has 1 N–H and O–H groups in total. The van der Waals surface area contributed by atoms with Crippen LogP contribution in [0, 0.1) is 5.92 Å². The first-order chi connectivity index (χ1) is 13.2. The topological polar surface area (TPSA) is 59.3 Å². The lowest BCUT2D eigenvalue weighted by atomic mass is 9.87. The monoisotopic (exact) mass is 426 g/mol. The quantitative estimate of drug-likeness (QED) is 0.624. The summed E-state index contributed by atoms with van der Waals surface area (Å²) in [5.41, 5.74) is 2.76. The number of hydrogen-bond donors (Lipinski definition) is 1. The maximum absolute atomic E-state index is 12.7. The van der Waals surface area contributed by atoms with Gasteiger partial charge < -0.3 is 5.32 Å². The van der Waals surface area contributed by atoms with Crippen LogP contribution in [0.15, 0.2) is 47.3 Å². The molecule has 1 saturated carbocycles. The highest BCUT2D eigenvalue weighted by molar-refractivity contribution is 9.10. The van der Waals surface area contributed by atoms with E-state index >= 15 is 0 Å². The van der Waals surface area contributed by atoms with Gasteiger partial charge in [0.25, 0.3) is 0 Å². The summed E-state index contributed by atoms with van der Waals surface area (Å²) >= 11 is 3.42. The van der Waals surface area contributed by atoms with Gasteiger partial charge in [0.1, 0.15) is 10.4 Å². The molecule has 0 bridgehead atoms. The molecule has 0 spiro atoms. The summed E-state index contributed by atoms with van der Waals surface area (Å²) in [6.07, 6.45) is 10.9. The second-order valence-corrected chi connectivity index (χ2v) is 8.08. The third-order valence-electron chi connectivity index (χ3n) is 5.22. The van der Waals surface area contributed by atoms with Gasteiger partial charge in [0.05, 0.1) is 11.9 Å². The predicted octanol–water partition coefficient (Wildman–Crippen LogP) is 4.99. The summed E-state index contributed by atoms with van der Waals surface area (Å²) in [6.45, 7) is 0. The average molecular weight is 427 g/mol. The number of amides is 1. The summed E-state index contributed by atoms with van der Waals surface area (Å²) in [5.74, 6) is 1.33. The first-order valence-electron chi connectivity index (χ1n) is 9.55. The smallest absolute Gasteiger partial charge is 0.225 e. The SMILES string of the molecule is O=C(CC1CCCCC1)Nc1c(Cc2ccccc2)nc2cnc(Br)cn12. The molecular weight excluding hydrogens is 404 g/mol. The zero-order valence-electron chi connectivity index (χ0n) is 15.2. The van der Waals surface area contributed by atoms with Crippen LogP contribution in [0.2, 0.25) is 0 Å². The van der Waals surface area contributed by atoms with Crippen LogP contribution < -0.4 is 5.32 Å². The minimum atomic E-state index is 0.0750. The van der Waals surface area contributed by atoms with Crippen molar-refractivity contribution in [3.63, 3.8) is 0 Å². The number of rotatable bonds is 5. The Morgan fingerprint density at radius 3 is 2.74 bits per heavy atom. The number of fused-ring (bicyclic) bond motifs is 1. The Balaban J connectivity index is 1.61. The number of aromatic nitrogens is 3. The lowest BCUT2D eigenvalue weighted by Gasteiger charge is -2.20. The van der Waals surface area contributed by atoms with E-state index in [1.54, 1.807) is 6.20 Å². The van der Waals surface area contributed by atoms with Gasteiger partial charge in [0.2, 0.25) is 5.91 Å². The normalized spacial score (nSPS) is 15.1. The van der Waals surface area contributed by atoms with Gasteiger partial charge in [0.15, 0.2) is 5.65 Å². The van der Waals surface area contributed by atoms with Crippen LogP contribution >= 0.6 is 15.9 Å². The molecular formula is C21H23BrN4O. The molecule has 2 heterocycles. The van der Waals surface area contributed by atoms with Crippen molar-refractivity contribution in [2.24, 2.45) is 5.92 Å². The Kier molecular flexibility index (Phi) is 5.53. The second kappa shape index (κ2) is 8.21. The van der Waals surface area contributed by atoms with Gasteiger partial charge >= 0.3 is 0 Å². The summed E-state index contributed by atoms with van der Waals surface area (Å²) < 4.78 is 2.62. The van der Waals surface area contributed by atoms with E-state index in [-0.39, 0.29) is 5.91 Å². The van der Waals surface area contributed by atoms with Crippen molar-refractivity contribution in [1.82, 2.24) is 14.4 Å². The molecule has 1 aromatic carbocycles. The van der Waals surface area contributed by atoms with Crippen molar-refractivity contribution in [3.05, 3.63) is 58.6 Å². The molecule has 4 rings (SSSR count). The zero-order valence-corrected chi connectivity index (χ0v) is 16.8. The number of halogens is 1. The fourth-order valence-corrected chi connectivity index (χ4v) is 4.17.